The van der Waals surface area contributed by atoms with Crippen molar-refractivity contribution in [1.29, 1.82) is 0 Å². The molecule has 2 aliphatic rings. The standard InChI is InChI=1S/C23H20ClN5O/c24-15-8-6-13(7-9-15)18-19-16(27-22-20(18)21(25)28-23(26)29-22)10-14(11-17(19)30)12-4-2-1-3-5-12/h1-9,14,18H,10-11H2,(H5,25,26,27,28,29)/t14-,18-/m0/s1. The largest absolute Gasteiger partial charge is 0.383 e. The van der Waals surface area contributed by atoms with Crippen LogP contribution in [0.15, 0.2) is 65.9 Å². The highest BCUT2D eigenvalue weighted by molar-refractivity contribution is 6.30. The summed E-state index contributed by atoms with van der Waals surface area (Å²) in [5.41, 5.74) is 16.4. The molecule has 0 amide bonds. The molecule has 1 aliphatic heterocycles. The van der Waals surface area contributed by atoms with Gasteiger partial charge in [0, 0.05) is 34.2 Å². The molecule has 0 saturated carbocycles. The summed E-state index contributed by atoms with van der Waals surface area (Å²) in [6.45, 7) is 0. The van der Waals surface area contributed by atoms with Crippen LogP contribution in [-0.2, 0) is 4.79 Å². The van der Waals surface area contributed by atoms with Crippen LogP contribution in [0.2, 0.25) is 5.02 Å². The summed E-state index contributed by atoms with van der Waals surface area (Å²) >= 11 is 6.10. The predicted octanol–water partition coefficient (Wildman–Crippen LogP) is 4.25. The first kappa shape index (κ1) is 18.6. The van der Waals surface area contributed by atoms with Crippen LogP contribution in [0.5, 0.6) is 0 Å². The number of nitrogen functional groups attached to an aromatic ring is 2. The van der Waals surface area contributed by atoms with E-state index in [0.717, 1.165) is 22.4 Å². The maximum atomic E-state index is 13.4. The van der Waals surface area contributed by atoms with Crippen molar-refractivity contribution in [2.75, 3.05) is 16.8 Å². The number of fused-ring (bicyclic) bond motifs is 1. The highest BCUT2D eigenvalue weighted by Crippen LogP contribution is 2.49. The van der Waals surface area contributed by atoms with E-state index >= 15 is 0 Å². The molecule has 5 N–H and O–H groups in total. The van der Waals surface area contributed by atoms with Crippen molar-refractivity contribution in [3.63, 3.8) is 0 Å². The summed E-state index contributed by atoms with van der Waals surface area (Å²) in [6, 6.07) is 17.6. The number of rotatable bonds is 2. The number of nitrogens with one attached hydrogen (secondary N) is 1. The number of hydrogen-bond donors (Lipinski definition) is 3. The molecule has 5 rings (SSSR count). The molecule has 30 heavy (non-hydrogen) atoms. The number of carbonyl (C=O) groups is 1. The van der Waals surface area contributed by atoms with Gasteiger partial charge in [-0.3, -0.25) is 4.79 Å². The van der Waals surface area contributed by atoms with Gasteiger partial charge < -0.3 is 16.8 Å². The number of carbonyl (C=O) groups excluding carboxylic acids is 1. The van der Waals surface area contributed by atoms with Gasteiger partial charge in [-0.25, -0.2) is 0 Å². The van der Waals surface area contributed by atoms with E-state index in [1.165, 1.54) is 0 Å². The van der Waals surface area contributed by atoms with Crippen molar-refractivity contribution < 1.29 is 4.79 Å². The monoisotopic (exact) mass is 417 g/mol. The average Bonchev–Trinajstić information content (AvgIpc) is 2.73. The SMILES string of the molecule is Nc1nc(N)c2c(n1)NC1=C(C(=O)C[C@@H](c3ccccc3)C1)[C@@H]2c1ccc(Cl)cc1. The lowest BCUT2D eigenvalue weighted by molar-refractivity contribution is -0.116. The highest BCUT2D eigenvalue weighted by atomic mass is 35.5. The number of benzene rings is 2. The molecule has 7 heteroatoms. The molecule has 3 aromatic rings. The van der Waals surface area contributed by atoms with E-state index in [-0.39, 0.29) is 29.4 Å². The zero-order valence-electron chi connectivity index (χ0n) is 16.1. The predicted molar refractivity (Wildman–Crippen MR) is 118 cm³/mol. The van der Waals surface area contributed by atoms with E-state index in [1.54, 1.807) is 0 Å². The van der Waals surface area contributed by atoms with Crippen LogP contribution in [0.1, 0.15) is 41.4 Å². The molecular formula is C23H20ClN5O. The van der Waals surface area contributed by atoms with E-state index in [2.05, 4.69) is 27.4 Å². The number of hydrogen-bond acceptors (Lipinski definition) is 6. The number of halogens is 1. The molecule has 0 radical (unpaired) electrons. The van der Waals surface area contributed by atoms with Crippen molar-refractivity contribution in [2.24, 2.45) is 0 Å². The second-order valence-corrected chi connectivity index (χ2v) is 8.11. The van der Waals surface area contributed by atoms with Crippen molar-refractivity contribution in [3.05, 3.63) is 87.6 Å². The summed E-state index contributed by atoms with van der Waals surface area (Å²) in [7, 11) is 0. The molecule has 2 heterocycles. The van der Waals surface area contributed by atoms with E-state index in [9.17, 15) is 4.79 Å². The smallest absolute Gasteiger partial charge is 0.223 e. The van der Waals surface area contributed by atoms with Crippen molar-refractivity contribution in [2.45, 2.75) is 24.7 Å². The van der Waals surface area contributed by atoms with Crippen LogP contribution in [-0.4, -0.2) is 15.8 Å². The van der Waals surface area contributed by atoms with Gasteiger partial charge in [-0.2, -0.15) is 9.97 Å². The molecule has 2 aromatic carbocycles. The number of aromatic nitrogens is 2. The van der Waals surface area contributed by atoms with Crippen molar-refractivity contribution in [1.82, 2.24) is 9.97 Å². The molecule has 0 saturated heterocycles. The fourth-order valence-corrected chi connectivity index (χ4v) is 4.63. The molecule has 0 unspecified atom stereocenters. The van der Waals surface area contributed by atoms with E-state index in [4.69, 9.17) is 23.1 Å². The summed E-state index contributed by atoms with van der Waals surface area (Å²) in [5, 5.41) is 3.97. The Bertz CT molecular complexity index is 1170. The molecule has 1 aromatic heterocycles. The Hall–Kier alpha value is -3.38. The third-order valence-electron chi connectivity index (χ3n) is 5.82. The zero-order valence-corrected chi connectivity index (χ0v) is 16.9. The van der Waals surface area contributed by atoms with Gasteiger partial charge in [-0.05, 0) is 35.6 Å². The Morgan fingerprint density at radius 1 is 0.933 bits per heavy atom. The first-order valence-electron chi connectivity index (χ1n) is 9.78. The maximum Gasteiger partial charge on any atom is 0.223 e. The molecular weight excluding hydrogens is 398 g/mol. The van der Waals surface area contributed by atoms with Gasteiger partial charge in [-0.15, -0.1) is 0 Å². The number of ketones is 1. The van der Waals surface area contributed by atoms with Crippen LogP contribution >= 0.6 is 11.6 Å². The highest BCUT2D eigenvalue weighted by Gasteiger charge is 2.40. The second-order valence-electron chi connectivity index (χ2n) is 7.67. The van der Waals surface area contributed by atoms with Gasteiger partial charge in [0.25, 0.3) is 0 Å². The third-order valence-corrected chi connectivity index (χ3v) is 6.07. The Kier molecular flexibility index (Phi) is 4.44. The van der Waals surface area contributed by atoms with Crippen LogP contribution in [0.3, 0.4) is 0 Å². The minimum absolute atomic E-state index is 0.0967. The minimum Gasteiger partial charge on any atom is -0.383 e. The average molecular weight is 418 g/mol. The Balaban J connectivity index is 1.67. The third kappa shape index (κ3) is 3.09. The number of allylic oxidation sites excluding steroid dienone is 2. The van der Waals surface area contributed by atoms with Gasteiger partial charge >= 0.3 is 0 Å². The van der Waals surface area contributed by atoms with Crippen molar-refractivity contribution >= 4 is 35.0 Å². The summed E-state index contributed by atoms with van der Waals surface area (Å²) in [5.74, 6) is 0.765. The van der Waals surface area contributed by atoms with Gasteiger partial charge in [0.15, 0.2) is 5.78 Å². The normalized spacial score (nSPS) is 20.4. The van der Waals surface area contributed by atoms with Crippen LogP contribution in [0.4, 0.5) is 17.6 Å². The topological polar surface area (TPSA) is 107 Å². The van der Waals surface area contributed by atoms with E-state index < -0.39 is 0 Å². The first-order valence-corrected chi connectivity index (χ1v) is 10.2. The Morgan fingerprint density at radius 3 is 2.40 bits per heavy atom. The maximum absolute atomic E-state index is 13.4. The lowest BCUT2D eigenvalue weighted by Crippen LogP contribution is -2.31. The van der Waals surface area contributed by atoms with Crippen molar-refractivity contribution in [3.8, 4) is 0 Å². The molecule has 2 atom stereocenters. The number of Topliss-reactive ketones (excluding diaryl/α,β-unsaturated/α-hetero) is 1. The fourth-order valence-electron chi connectivity index (χ4n) is 4.51. The number of anilines is 3. The summed E-state index contributed by atoms with van der Waals surface area (Å²) < 4.78 is 0. The van der Waals surface area contributed by atoms with Gasteiger partial charge in [0.1, 0.15) is 11.6 Å². The van der Waals surface area contributed by atoms with Gasteiger partial charge in [0.2, 0.25) is 5.95 Å². The molecule has 0 fully saturated rings. The van der Waals surface area contributed by atoms with E-state index in [1.807, 2.05) is 42.5 Å². The molecule has 150 valence electrons. The summed E-state index contributed by atoms with van der Waals surface area (Å²) in [6.07, 6.45) is 1.15. The number of nitrogens with zero attached hydrogens (tertiary/aromatic N) is 2. The Morgan fingerprint density at radius 2 is 1.67 bits per heavy atom. The van der Waals surface area contributed by atoms with E-state index in [0.29, 0.717) is 29.2 Å². The molecule has 0 bridgehead atoms. The zero-order chi connectivity index (χ0) is 20.8. The lowest BCUT2D eigenvalue weighted by Gasteiger charge is -2.36. The number of nitrogens with two attached hydrogens (primary N) is 2. The van der Waals surface area contributed by atoms with Crippen LogP contribution in [0.25, 0.3) is 0 Å². The fraction of sp³-hybridized carbons (Fsp3) is 0.174. The van der Waals surface area contributed by atoms with Crippen LogP contribution in [0, 0.1) is 0 Å². The lowest BCUT2D eigenvalue weighted by atomic mass is 9.72. The second kappa shape index (κ2) is 7.15. The molecule has 1 aliphatic carbocycles. The Labute approximate surface area is 179 Å². The van der Waals surface area contributed by atoms with Crippen LogP contribution < -0.4 is 16.8 Å². The quantitative estimate of drug-likeness (QED) is 0.575. The first-order chi connectivity index (χ1) is 14.5. The van der Waals surface area contributed by atoms with Gasteiger partial charge in [-0.1, -0.05) is 54.1 Å². The molecule has 0 spiro atoms. The van der Waals surface area contributed by atoms with Gasteiger partial charge in [0.05, 0.1) is 0 Å². The summed E-state index contributed by atoms with van der Waals surface area (Å²) in [4.78, 5) is 22.0. The molecule has 6 nitrogen and oxygen atoms in total. The minimum atomic E-state index is -0.363.